The Morgan fingerprint density at radius 1 is 1.23 bits per heavy atom. The number of esters is 1. The Morgan fingerprint density at radius 3 is 2.62 bits per heavy atom. The van der Waals surface area contributed by atoms with Crippen LogP contribution in [0.25, 0.3) is 0 Å². The smallest absolute Gasteiger partial charge is 0.341 e. The molecule has 1 N–H and O–H groups in total. The molecule has 2 aromatic rings. The van der Waals surface area contributed by atoms with Crippen LogP contribution in [0.4, 0.5) is 0 Å². The largest absolute Gasteiger partial charge is 0.481 e. The van der Waals surface area contributed by atoms with Crippen LogP contribution in [-0.4, -0.2) is 30.9 Å². The van der Waals surface area contributed by atoms with Crippen LogP contribution in [0.5, 0.6) is 5.75 Å². The topological polar surface area (TPSA) is 94.8 Å². The molecule has 26 heavy (non-hydrogen) atoms. The van der Waals surface area contributed by atoms with Crippen molar-refractivity contribution in [2.45, 2.75) is 33.4 Å². The first-order chi connectivity index (χ1) is 12.3. The quantitative estimate of drug-likeness (QED) is 0.603. The van der Waals surface area contributed by atoms with Gasteiger partial charge in [0.05, 0.1) is 13.7 Å². The summed E-state index contributed by atoms with van der Waals surface area (Å²) < 4.78 is 15.7. The molecule has 1 amide bonds. The second-order valence-corrected chi connectivity index (χ2v) is 5.74. The Morgan fingerprint density at radius 2 is 1.96 bits per heavy atom. The summed E-state index contributed by atoms with van der Waals surface area (Å²) >= 11 is 0. The van der Waals surface area contributed by atoms with Crippen molar-refractivity contribution in [2.24, 2.45) is 0 Å². The number of methoxy groups -OCH3 is 1. The van der Waals surface area contributed by atoms with Gasteiger partial charge in [0, 0.05) is 5.56 Å². The lowest BCUT2D eigenvalue weighted by atomic mass is 10.1. The Balaban J connectivity index is 1.94. The SMILES string of the molecule is COC(=O)c1cc(CNC(=O)C(C)Oc2cccc(C(C)=O)c2)oc1C. The first-order valence-electron chi connectivity index (χ1n) is 8.04. The molecule has 2 rings (SSSR count). The fraction of sp³-hybridized carbons (Fsp3) is 0.316. The van der Waals surface area contributed by atoms with Crippen molar-refractivity contribution in [3.8, 4) is 5.75 Å². The van der Waals surface area contributed by atoms with E-state index in [-0.39, 0.29) is 18.2 Å². The van der Waals surface area contributed by atoms with E-state index in [1.165, 1.54) is 20.1 Å². The van der Waals surface area contributed by atoms with Crippen molar-refractivity contribution in [3.63, 3.8) is 0 Å². The second-order valence-electron chi connectivity index (χ2n) is 5.74. The van der Waals surface area contributed by atoms with E-state index in [4.69, 9.17) is 9.15 Å². The summed E-state index contributed by atoms with van der Waals surface area (Å²) in [5.41, 5.74) is 0.832. The number of ether oxygens (including phenoxy) is 2. The van der Waals surface area contributed by atoms with E-state index in [1.54, 1.807) is 38.1 Å². The molecule has 1 atom stereocenters. The lowest BCUT2D eigenvalue weighted by molar-refractivity contribution is -0.127. The highest BCUT2D eigenvalue weighted by atomic mass is 16.5. The van der Waals surface area contributed by atoms with Gasteiger partial charge in [-0.25, -0.2) is 4.79 Å². The standard InChI is InChI=1S/C19H21NO6/c1-11(21)14-6-5-7-15(8-14)26-13(3)18(22)20-10-16-9-17(12(2)25-16)19(23)24-4/h5-9,13H,10H2,1-4H3,(H,20,22). The van der Waals surface area contributed by atoms with Gasteiger partial charge in [-0.05, 0) is 39.0 Å². The van der Waals surface area contributed by atoms with Gasteiger partial charge in [-0.15, -0.1) is 0 Å². The van der Waals surface area contributed by atoms with E-state index < -0.39 is 12.1 Å². The number of hydrogen-bond donors (Lipinski definition) is 1. The molecule has 1 aromatic heterocycles. The predicted octanol–water partition coefficient (Wildman–Crippen LogP) is 2.66. The Labute approximate surface area is 151 Å². The first kappa shape index (κ1) is 19.2. The molecular formula is C19H21NO6. The number of benzene rings is 1. The fourth-order valence-corrected chi connectivity index (χ4v) is 2.31. The summed E-state index contributed by atoms with van der Waals surface area (Å²) in [6.45, 7) is 4.81. The molecule has 0 saturated carbocycles. The Hall–Kier alpha value is -3.09. The molecule has 7 nitrogen and oxygen atoms in total. The zero-order chi connectivity index (χ0) is 19.3. The minimum atomic E-state index is -0.770. The molecule has 0 fully saturated rings. The van der Waals surface area contributed by atoms with Gasteiger partial charge in [0.25, 0.3) is 5.91 Å². The number of aryl methyl sites for hydroxylation is 1. The molecule has 0 aliphatic carbocycles. The third-order valence-corrected chi connectivity index (χ3v) is 3.73. The molecule has 0 aliphatic rings. The summed E-state index contributed by atoms with van der Waals surface area (Å²) in [5.74, 6) is 0.357. The van der Waals surface area contributed by atoms with Crippen LogP contribution in [0.2, 0.25) is 0 Å². The van der Waals surface area contributed by atoms with E-state index in [2.05, 4.69) is 10.1 Å². The van der Waals surface area contributed by atoms with Crippen LogP contribution >= 0.6 is 0 Å². The van der Waals surface area contributed by atoms with Crippen molar-refractivity contribution < 1.29 is 28.3 Å². The maximum Gasteiger partial charge on any atom is 0.341 e. The normalized spacial score (nSPS) is 11.5. The van der Waals surface area contributed by atoms with Gasteiger partial charge in [0.1, 0.15) is 22.8 Å². The van der Waals surface area contributed by atoms with Gasteiger partial charge >= 0.3 is 5.97 Å². The van der Waals surface area contributed by atoms with Crippen LogP contribution in [0, 0.1) is 6.92 Å². The fourth-order valence-electron chi connectivity index (χ4n) is 2.31. The summed E-state index contributed by atoms with van der Waals surface area (Å²) in [6.07, 6.45) is -0.770. The molecule has 7 heteroatoms. The van der Waals surface area contributed by atoms with E-state index >= 15 is 0 Å². The molecule has 0 saturated heterocycles. The summed E-state index contributed by atoms with van der Waals surface area (Å²) in [6, 6.07) is 8.16. The lowest BCUT2D eigenvalue weighted by Crippen LogP contribution is -2.35. The highest BCUT2D eigenvalue weighted by Crippen LogP contribution is 2.17. The number of Topliss-reactive ketones (excluding diaryl/α,β-unsaturated/α-hetero) is 1. The number of amides is 1. The molecule has 0 bridgehead atoms. The molecular weight excluding hydrogens is 338 g/mol. The lowest BCUT2D eigenvalue weighted by Gasteiger charge is -2.14. The van der Waals surface area contributed by atoms with Gasteiger partial charge < -0.3 is 19.2 Å². The monoisotopic (exact) mass is 359 g/mol. The van der Waals surface area contributed by atoms with Crippen molar-refractivity contribution in [3.05, 3.63) is 53.0 Å². The van der Waals surface area contributed by atoms with E-state index in [1.807, 2.05) is 0 Å². The van der Waals surface area contributed by atoms with Crippen molar-refractivity contribution in [1.82, 2.24) is 5.32 Å². The molecule has 1 unspecified atom stereocenters. The number of furan rings is 1. The van der Waals surface area contributed by atoms with Gasteiger partial charge in [0.2, 0.25) is 0 Å². The van der Waals surface area contributed by atoms with E-state index in [0.29, 0.717) is 28.4 Å². The van der Waals surface area contributed by atoms with Crippen LogP contribution < -0.4 is 10.1 Å². The molecule has 0 radical (unpaired) electrons. The minimum Gasteiger partial charge on any atom is -0.481 e. The van der Waals surface area contributed by atoms with Crippen molar-refractivity contribution in [1.29, 1.82) is 0 Å². The maximum atomic E-state index is 12.2. The molecule has 1 heterocycles. The number of ketones is 1. The zero-order valence-corrected chi connectivity index (χ0v) is 15.1. The summed E-state index contributed by atoms with van der Waals surface area (Å²) in [5, 5.41) is 2.68. The number of carbonyl (C=O) groups is 3. The molecule has 0 spiro atoms. The number of nitrogens with one attached hydrogen (secondary N) is 1. The van der Waals surface area contributed by atoms with Crippen molar-refractivity contribution >= 4 is 17.7 Å². The van der Waals surface area contributed by atoms with Crippen LogP contribution in [-0.2, 0) is 16.1 Å². The summed E-state index contributed by atoms with van der Waals surface area (Å²) in [7, 11) is 1.29. The minimum absolute atomic E-state index is 0.0813. The van der Waals surface area contributed by atoms with E-state index in [9.17, 15) is 14.4 Å². The van der Waals surface area contributed by atoms with Crippen LogP contribution in [0.3, 0.4) is 0 Å². The van der Waals surface area contributed by atoms with Crippen LogP contribution in [0.15, 0.2) is 34.7 Å². The second kappa shape index (κ2) is 8.33. The third kappa shape index (κ3) is 4.72. The molecule has 138 valence electrons. The Kier molecular flexibility index (Phi) is 6.16. The molecule has 0 aliphatic heterocycles. The highest BCUT2D eigenvalue weighted by Gasteiger charge is 2.18. The third-order valence-electron chi connectivity index (χ3n) is 3.73. The van der Waals surface area contributed by atoms with Gasteiger partial charge in [-0.2, -0.15) is 0 Å². The van der Waals surface area contributed by atoms with Gasteiger partial charge in [0.15, 0.2) is 11.9 Å². The highest BCUT2D eigenvalue weighted by molar-refractivity contribution is 5.94. The zero-order valence-electron chi connectivity index (χ0n) is 15.1. The van der Waals surface area contributed by atoms with Crippen molar-refractivity contribution in [2.75, 3.05) is 7.11 Å². The van der Waals surface area contributed by atoms with E-state index in [0.717, 1.165) is 0 Å². The number of rotatable bonds is 7. The number of carbonyl (C=O) groups excluding carboxylic acids is 3. The average Bonchev–Trinajstić information content (AvgIpc) is 2.99. The molecule has 1 aromatic carbocycles. The predicted molar refractivity (Wildman–Crippen MR) is 93.2 cm³/mol. The van der Waals surface area contributed by atoms with Crippen LogP contribution in [0.1, 0.15) is 46.1 Å². The summed E-state index contributed by atoms with van der Waals surface area (Å²) in [4.78, 5) is 35.1. The Bertz CT molecular complexity index is 823. The number of hydrogen-bond acceptors (Lipinski definition) is 6. The first-order valence-corrected chi connectivity index (χ1v) is 8.04. The van der Waals surface area contributed by atoms with Gasteiger partial charge in [-0.3, -0.25) is 9.59 Å². The average molecular weight is 359 g/mol. The van der Waals surface area contributed by atoms with Gasteiger partial charge in [-0.1, -0.05) is 12.1 Å². The maximum absolute atomic E-state index is 12.2.